The molecule has 1 N–H and O–H groups in total. The number of benzene rings is 1. The van der Waals surface area contributed by atoms with Crippen LogP contribution in [0, 0.1) is 15.5 Å². The van der Waals surface area contributed by atoms with Gasteiger partial charge < -0.3 is 14.8 Å². The number of nitro groups is 1. The standard InChI is InChI=1S/C18H26N2O4/c1-17(2)12-23-18(24-13-17)9-7-15(8-10-18)19-11-14-3-5-16(6-4-14)20(21)22/h3-6,15,19H,7-13H2,1-2H3. The van der Waals surface area contributed by atoms with Crippen LogP contribution in [0.2, 0.25) is 0 Å². The van der Waals surface area contributed by atoms with E-state index in [0.29, 0.717) is 6.04 Å². The number of non-ortho nitro benzene ring substituents is 1. The summed E-state index contributed by atoms with van der Waals surface area (Å²) in [6.07, 6.45) is 3.88. The fourth-order valence-corrected chi connectivity index (χ4v) is 3.29. The van der Waals surface area contributed by atoms with Gasteiger partial charge in [0.05, 0.1) is 18.1 Å². The van der Waals surface area contributed by atoms with Crippen molar-refractivity contribution in [3.05, 3.63) is 39.9 Å². The molecule has 1 aromatic rings. The molecule has 6 heteroatoms. The minimum atomic E-state index is -0.374. The van der Waals surface area contributed by atoms with Crippen LogP contribution in [-0.2, 0) is 16.0 Å². The van der Waals surface area contributed by atoms with E-state index in [1.165, 1.54) is 0 Å². The van der Waals surface area contributed by atoms with Crippen LogP contribution in [0.1, 0.15) is 45.1 Å². The topological polar surface area (TPSA) is 73.6 Å². The average molecular weight is 334 g/mol. The van der Waals surface area contributed by atoms with E-state index < -0.39 is 0 Å². The smallest absolute Gasteiger partial charge is 0.269 e. The van der Waals surface area contributed by atoms with E-state index >= 15 is 0 Å². The molecule has 1 saturated carbocycles. The number of rotatable bonds is 4. The minimum absolute atomic E-state index is 0.107. The maximum atomic E-state index is 10.7. The van der Waals surface area contributed by atoms with E-state index in [2.05, 4.69) is 19.2 Å². The van der Waals surface area contributed by atoms with Crippen molar-refractivity contribution in [2.75, 3.05) is 13.2 Å². The molecule has 1 aromatic carbocycles. The number of nitro benzene ring substituents is 1. The first-order valence-corrected chi connectivity index (χ1v) is 8.62. The summed E-state index contributed by atoms with van der Waals surface area (Å²) in [5, 5.41) is 14.2. The Kier molecular flexibility index (Phi) is 4.90. The first-order valence-electron chi connectivity index (χ1n) is 8.62. The lowest BCUT2D eigenvalue weighted by atomic mass is 9.87. The number of ether oxygens (including phenoxy) is 2. The van der Waals surface area contributed by atoms with Gasteiger partial charge in [0.1, 0.15) is 0 Å². The zero-order chi connectivity index (χ0) is 17.2. The maximum Gasteiger partial charge on any atom is 0.269 e. The summed E-state index contributed by atoms with van der Waals surface area (Å²) >= 11 is 0. The van der Waals surface area contributed by atoms with E-state index in [9.17, 15) is 10.1 Å². The number of hydrogen-bond donors (Lipinski definition) is 1. The van der Waals surface area contributed by atoms with E-state index in [-0.39, 0.29) is 21.8 Å². The molecule has 1 aliphatic carbocycles. The lowest BCUT2D eigenvalue weighted by Crippen LogP contribution is -2.51. The Morgan fingerprint density at radius 3 is 2.29 bits per heavy atom. The number of nitrogens with one attached hydrogen (secondary N) is 1. The van der Waals surface area contributed by atoms with E-state index in [1.807, 2.05) is 12.1 Å². The van der Waals surface area contributed by atoms with Gasteiger partial charge in [0.2, 0.25) is 0 Å². The highest BCUT2D eigenvalue weighted by Gasteiger charge is 2.42. The molecular weight excluding hydrogens is 308 g/mol. The molecule has 0 aromatic heterocycles. The summed E-state index contributed by atoms with van der Waals surface area (Å²) in [7, 11) is 0. The van der Waals surface area contributed by atoms with Gasteiger partial charge in [-0.25, -0.2) is 0 Å². The fraction of sp³-hybridized carbons (Fsp3) is 0.667. The van der Waals surface area contributed by atoms with Crippen LogP contribution in [0.15, 0.2) is 24.3 Å². The molecule has 132 valence electrons. The van der Waals surface area contributed by atoms with Crippen molar-refractivity contribution in [1.29, 1.82) is 0 Å². The Hall–Kier alpha value is -1.50. The molecule has 1 spiro atoms. The van der Waals surface area contributed by atoms with Crippen LogP contribution in [0.5, 0.6) is 0 Å². The molecule has 0 unspecified atom stereocenters. The molecule has 1 heterocycles. The third-order valence-electron chi connectivity index (χ3n) is 4.94. The predicted molar refractivity (Wildman–Crippen MR) is 90.6 cm³/mol. The third-order valence-corrected chi connectivity index (χ3v) is 4.94. The summed E-state index contributed by atoms with van der Waals surface area (Å²) < 4.78 is 12.1. The Bertz CT molecular complexity index is 565. The second kappa shape index (κ2) is 6.78. The zero-order valence-corrected chi connectivity index (χ0v) is 14.4. The lowest BCUT2D eigenvalue weighted by molar-refractivity contribution is -0.384. The first-order chi connectivity index (χ1) is 11.4. The van der Waals surface area contributed by atoms with Gasteiger partial charge in [0.15, 0.2) is 5.79 Å². The average Bonchev–Trinajstić information content (AvgIpc) is 2.58. The second-order valence-corrected chi connectivity index (χ2v) is 7.73. The van der Waals surface area contributed by atoms with Crippen molar-refractivity contribution in [1.82, 2.24) is 5.32 Å². The molecule has 2 aliphatic rings. The molecule has 2 fully saturated rings. The molecule has 1 saturated heterocycles. The molecule has 0 amide bonds. The number of nitrogens with zero attached hydrogens (tertiary/aromatic N) is 1. The van der Waals surface area contributed by atoms with Gasteiger partial charge >= 0.3 is 0 Å². The summed E-state index contributed by atoms with van der Waals surface area (Å²) in [5.41, 5.74) is 1.30. The fourth-order valence-electron chi connectivity index (χ4n) is 3.29. The molecule has 0 radical (unpaired) electrons. The summed E-state index contributed by atoms with van der Waals surface area (Å²) in [6, 6.07) is 7.17. The Labute approximate surface area is 142 Å². The quantitative estimate of drug-likeness (QED) is 0.675. The molecule has 0 atom stereocenters. The predicted octanol–water partition coefficient (Wildman–Crippen LogP) is 3.40. The van der Waals surface area contributed by atoms with Crippen molar-refractivity contribution >= 4 is 5.69 Å². The minimum Gasteiger partial charge on any atom is -0.349 e. The number of hydrogen-bond acceptors (Lipinski definition) is 5. The molecule has 24 heavy (non-hydrogen) atoms. The molecular formula is C18H26N2O4. The second-order valence-electron chi connectivity index (χ2n) is 7.73. The van der Waals surface area contributed by atoms with E-state index in [4.69, 9.17) is 9.47 Å². The SMILES string of the molecule is CC1(C)COC2(CCC(NCc3ccc([N+](=O)[O-])cc3)CC2)OC1. The summed E-state index contributed by atoms with van der Waals surface area (Å²) in [5.74, 6) is -0.374. The normalized spacial score (nSPS) is 23.2. The summed E-state index contributed by atoms with van der Waals surface area (Å²) in [6.45, 7) is 6.57. The Morgan fingerprint density at radius 2 is 1.75 bits per heavy atom. The van der Waals surface area contributed by atoms with Crippen molar-refractivity contribution < 1.29 is 14.4 Å². The molecule has 1 aliphatic heterocycles. The van der Waals surface area contributed by atoms with Crippen LogP contribution in [0.3, 0.4) is 0 Å². The molecule has 6 nitrogen and oxygen atoms in total. The largest absolute Gasteiger partial charge is 0.349 e. The van der Waals surface area contributed by atoms with Crippen molar-refractivity contribution in [3.8, 4) is 0 Å². The van der Waals surface area contributed by atoms with Crippen LogP contribution >= 0.6 is 0 Å². The monoisotopic (exact) mass is 334 g/mol. The van der Waals surface area contributed by atoms with Crippen LogP contribution in [0.25, 0.3) is 0 Å². The zero-order valence-electron chi connectivity index (χ0n) is 14.4. The lowest BCUT2D eigenvalue weighted by Gasteiger charge is -2.46. The van der Waals surface area contributed by atoms with Crippen molar-refractivity contribution in [3.63, 3.8) is 0 Å². The van der Waals surface area contributed by atoms with E-state index in [0.717, 1.165) is 51.0 Å². The van der Waals surface area contributed by atoms with Crippen LogP contribution < -0.4 is 5.32 Å². The van der Waals surface area contributed by atoms with Crippen molar-refractivity contribution in [2.45, 2.75) is 57.9 Å². The van der Waals surface area contributed by atoms with Gasteiger partial charge in [-0.15, -0.1) is 0 Å². The van der Waals surface area contributed by atoms with Gasteiger partial charge in [0.25, 0.3) is 5.69 Å². The van der Waals surface area contributed by atoms with Gasteiger partial charge in [-0.2, -0.15) is 0 Å². The van der Waals surface area contributed by atoms with Gasteiger partial charge in [-0.1, -0.05) is 26.0 Å². The highest BCUT2D eigenvalue weighted by Crippen LogP contribution is 2.39. The Morgan fingerprint density at radius 1 is 1.17 bits per heavy atom. The van der Waals surface area contributed by atoms with Crippen LogP contribution in [-0.4, -0.2) is 30.0 Å². The van der Waals surface area contributed by atoms with Gasteiger partial charge in [-0.3, -0.25) is 10.1 Å². The molecule has 0 bridgehead atoms. The highest BCUT2D eigenvalue weighted by molar-refractivity contribution is 5.32. The van der Waals surface area contributed by atoms with Gasteiger partial charge in [0, 0.05) is 43.0 Å². The van der Waals surface area contributed by atoms with E-state index in [1.54, 1.807) is 12.1 Å². The molecule has 3 rings (SSSR count). The Balaban J connectivity index is 1.45. The third kappa shape index (κ3) is 4.12. The summed E-state index contributed by atoms with van der Waals surface area (Å²) in [4.78, 5) is 10.3. The maximum absolute atomic E-state index is 10.7. The first kappa shape index (κ1) is 17.3. The van der Waals surface area contributed by atoms with Crippen molar-refractivity contribution in [2.24, 2.45) is 5.41 Å². The highest BCUT2D eigenvalue weighted by atomic mass is 16.7. The van der Waals surface area contributed by atoms with Gasteiger partial charge in [-0.05, 0) is 18.4 Å². The van der Waals surface area contributed by atoms with Crippen LogP contribution in [0.4, 0.5) is 5.69 Å².